The Hall–Kier alpha value is -2.18. The first-order valence-electron chi connectivity index (χ1n) is 5.91. The predicted octanol–water partition coefficient (Wildman–Crippen LogP) is 2.54. The van der Waals surface area contributed by atoms with E-state index in [2.05, 4.69) is 5.32 Å². The van der Waals surface area contributed by atoms with Gasteiger partial charge in [0.05, 0.1) is 4.92 Å². The van der Waals surface area contributed by atoms with Crippen molar-refractivity contribution in [2.24, 2.45) is 0 Å². The average Bonchev–Trinajstić information content (AvgIpc) is 2.78. The highest BCUT2D eigenvalue weighted by Gasteiger charge is 2.42. The van der Waals surface area contributed by atoms with Gasteiger partial charge in [-0.1, -0.05) is 18.9 Å². The number of hydrogen-bond acceptors (Lipinski definition) is 4. The SMILES string of the molecule is O=C(O)C1(Nc2cccc(F)c2[N+](=O)[O-])CCCC1. The maximum atomic E-state index is 13.5. The van der Waals surface area contributed by atoms with Crippen LogP contribution in [-0.4, -0.2) is 21.5 Å². The van der Waals surface area contributed by atoms with E-state index in [0.29, 0.717) is 12.8 Å². The van der Waals surface area contributed by atoms with Crippen molar-refractivity contribution in [3.63, 3.8) is 0 Å². The molecule has 1 aromatic carbocycles. The standard InChI is InChI=1S/C12H13FN2O4/c13-8-4-3-5-9(10(8)15(18)19)14-12(11(16)17)6-1-2-7-12/h3-5,14H,1-2,6-7H2,(H,16,17). The van der Waals surface area contributed by atoms with Crippen molar-refractivity contribution in [1.29, 1.82) is 0 Å². The van der Waals surface area contributed by atoms with E-state index in [0.717, 1.165) is 18.9 Å². The molecule has 0 saturated heterocycles. The monoisotopic (exact) mass is 268 g/mol. The second-order valence-electron chi connectivity index (χ2n) is 4.61. The van der Waals surface area contributed by atoms with E-state index in [1.165, 1.54) is 12.1 Å². The average molecular weight is 268 g/mol. The van der Waals surface area contributed by atoms with Gasteiger partial charge in [-0.2, -0.15) is 4.39 Å². The van der Waals surface area contributed by atoms with Gasteiger partial charge in [0.1, 0.15) is 11.2 Å². The van der Waals surface area contributed by atoms with Crippen molar-refractivity contribution in [2.45, 2.75) is 31.2 Å². The van der Waals surface area contributed by atoms with Crippen LogP contribution in [0.2, 0.25) is 0 Å². The minimum atomic E-state index is -1.24. The molecule has 2 N–H and O–H groups in total. The Morgan fingerprint density at radius 3 is 2.58 bits per heavy atom. The molecule has 0 heterocycles. The number of halogens is 1. The van der Waals surface area contributed by atoms with Crippen LogP contribution in [0.4, 0.5) is 15.8 Å². The maximum absolute atomic E-state index is 13.5. The fourth-order valence-electron chi connectivity index (χ4n) is 2.43. The van der Waals surface area contributed by atoms with Gasteiger partial charge in [0.15, 0.2) is 0 Å². The minimum Gasteiger partial charge on any atom is -0.480 e. The summed E-state index contributed by atoms with van der Waals surface area (Å²) in [5, 5.41) is 22.8. The van der Waals surface area contributed by atoms with Crippen LogP contribution in [0.1, 0.15) is 25.7 Å². The smallest absolute Gasteiger partial charge is 0.329 e. The van der Waals surface area contributed by atoms with Crippen LogP contribution in [0, 0.1) is 15.9 Å². The second kappa shape index (κ2) is 4.83. The molecule has 0 unspecified atom stereocenters. The number of anilines is 1. The minimum absolute atomic E-state index is 0.0886. The van der Waals surface area contributed by atoms with Gasteiger partial charge in [-0.25, -0.2) is 4.79 Å². The molecule has 2 rings (SSSR count). The van der Waals surface area contributed by atoms with E-state index < -0.39 is 27.9 Å². The van der Waals surface area contributed by atoms with E-state index in [1.807, 2.05) is 0 Å². The summed E-state index contributed by atoms with van der Waals surface area (Å²) < 4.78 is 13.5. The van der Waals surface area contributed by atoms with Crippen LogP contribution < -0.4 is 5.32 Å². The maximum Gasteiger partial charge on any atom is 0.329 e. The number of aliphatic carboxylic acids is 1. The van der Waals surface area contributed by atoms with Crippen LogP contribution >= 0.6 is 0 Å². The zero-order valence-electron chi connectivity index (χ0n) is 10.1. The van der Waals surface area contributed by atoms with Crippen molar-refractivity contribution in [3.05, 3.63) is 34.1 Å². The third-order valence-corrected chi connectivity index (χ3v) is 3.41. The number of carboxylic acids is 1. The van der Waals surface area contributed by atoms with Gasteiger partial charge in [0, 0.05) is 0 Å². The van der Waals surface area contributed by atoms with Crippen LogP contribution in [-0.2, 0) is 4.79 Å². The summed E-state index contributed by atoms with van der Waals surface area (Å²) in [6.07, 6.45) is 2.19. The molecule has 0 bridgehead atoms. The molecule has 1 aromatic rings. The number of nitro benzene ring substituents is 1. The number of para-hydroxylation sites is 1. The Bertz CT molecular complexity index is 526. The van der Waals surface area contributed by atoms with Gasteiger partial charge < -0.3 is 10.4 Å². The molecule has 0 atom stereocenters. The van der Waals surface area contributed by atoms with E-state index in [9.17, 15) is 24.4 Å². The fraction of sp³-hybridized carbons (Fsp3) is 0.417. The van der Waals surface area contributed by atoms with Crippen molar-refractivity contribution in [2.75, 3.05) is 5.32 Å². The van der Waals surface area contributed by atoms with Crippen LogP contribution in [0.3, 0.4) is 0 Å². The van der Waals surface area contributed by atoms with E-state index in [1.54, 1.807) is 0 Å². The molecular formula is C12H13FN2O4. The van der Waals surface area contributed by atoms with E-state index in [4.69, 9.17) is 0 Å². The lowest BCUT2D eigenvalue weighted by Gasteiger charge is -2.26. The number of carbonyl (C=O) groups is 1. The molecule has 19 heavy (non-hydrogen) atoms. The summed E-state index contributed by atoms with van der Waals surface area (Å²) in [6.45, 7) is 0. The first-order chi connectivity index (χ1) is 8.96. The molecular weight excluding hydrogens is 255 g/mol. The second-order valence-corrected chi connectivity index (χ2v) is 4.61. The summed E-state index contributed by atoms with van der Waals surface area (Å²) in [6, 6.07) is 3.62. The molecule has 1 aliphatic carbocycles. The zero-order valence-corrected chi connectivity index (χ0v) is 10.1. The third-order valence-electron chi connectivity index (χ3n) is 3.41. The molecule has 1 aliphatic rings. The molecule has 7 heteroatoms. The van der Waals surface area contributed by atoms with E-state index in [-0.39, 0.29) is 5.69 Å². The van der Waals surface area contributed by atoms with Crippen molar-refractivity contribution in [1.82, 2.24) is 0 Å². The van der Waals surface area contributed by atoms with Gasteiger partial charge in [0.2, 0.25) is 5.82 Å². The lowest BCUT2D eigenvalue weighted by molar-refractivity contribution is -0.386. The largest absolute Gasteiger partial charge is 0.480 e. The number of nitrogens with one attached hydrogen (secondary N) is 1. The quantitative estimate of drug-likeness (QED) is 0.646. The predicted molar refractivity (Wildman–Crippen MR) is 65.5 cm³/mol. The number of benzene rings is 1. The van der Waals surface area contributed by atoms with Gasteiger partial charge in [0.25, 0.3) is 0 Å². The summed E-state index contributed by atoms with van der Waals surface area (Å²) >= 11 is 0. The highest BCUT2D eigenvalue weighted by molar-refractivity contribution is 5.84. The summed E-state index contributed by atoms with van der Waals surface area (Å²) in [5.41, 5.74) is -2.04. The molecule has 1 fully saturated rings. The Morgan fingerprint density at radius 1 is 1.42 bits per heavy atom. The number of rotatable bonds is 4. The number of nitrogens with zero attached hydrogens (tertiary/aromatic N) is 1. The Balaban J connectivity index is 2.40. The first kappa shape index (κ1) is 13.3. The first-order valence-corrected chi connectivity index (χ1v) is 5.91. The Morgan fingerprint density at radius 2 is 2.05 bits per heavy atom. The molecule has 0 radical (unpaired) electrons. The van der Waals surface area contributed by atoms with E-state index >= 15 is 0 Å². The van der Waals surface area contributed by atoms with Crippen molar-refractivity contribution in [3.8, 4) is 0 Å². The van der Waals surface area contributed by atoms with Crippen LogP contribution in [0.25, 0.3) is 0 Å². The molecule has 0 aliphatic heterocycles. The van der Waals surface area contributed by atoms with Gasteiger partial charge in [-0.3, -0.25) is 10.1 Å². The van der Waals surface area contributed by atoms with Gasteiger partial charge in [-0.15, -0.1) is 0 Å². The zero-order chi connectivity index (χ0) is 14.0. The van der Waals surface area contributed by atoms with Gasteiger partial charge in [-0.05, 0) is 25.0 Å². The Kier molecular flexibility index (Phi) is 3.37. The lowest BCUT2D eigenvalue weighted by atomic mass is 9.97. The molecule has 0 spiro atoms. The molecule has 6 nitrogen and oxygen atoms in total. The topological polar surface area (TPSA) is 92.5 Å². The number of nitro groups is 1. The number of hydrogen-bond donors (Lipinski definition) is 2. The molecule has 1 saturated carbocycles. The van der Waals surface area contributed by atoms with Crippen molar-refractivity contribution >= 4 is 17.3 Å². The van der Waals surface area contributed by atoms with Gasteiger partial charge >= 0.3 is 11.7 Å². The summed E-state index contributed by atoms with van der Waals surface area (Å²) in [4.78, 5) is 21.4. The summed E-state index contributed by atoms with van der Waals surface area (Å²) in [7, 11) is 0. The highest BCUT2D eigenvalue weighted by atomic mass is 19.1. The molecule has 0 amide bonds. The fourth-order valence-corrected chi connectivity index (χ4v) is 2.43. The number of carboxylic acid groups (broad SMARTS) is 1. The van der Waals surface area contributed by atoms with Crippen LogP contribution in [0.15, 0.2) is 18.2 Å². The Labute approximate surface area is 108 Å². The lowest BCUT2D eigenvalue weighted by Crippen LogP contribution is -2.43. The summed E-state index contributed by atoms with van der Waals surface area (Å²) in [5.74, 6) is -2.04. The van der Waals surface area contributed by atoms with Crippen LogP contribution in [0.5, 0.6) is 0 Å². The highest BCUT2D eigenvalue weighted by Crippen LogP contribution is 2.37. The van der Waals surface area contributed by atoms with Crippen molar-refractivity contribution < 1.29 is 19.2 Å². The molecule has 102 valence electrons. The third kappa shape index (κ3) is 2.35. The normalized spacial score (nSPS) is 17.1. The molecule has 0 aromatic heterocycles.